The molecule has 15 heavy (non-hydrogen) atoms. The second-order valence-electron chi connectivity index (χ2n) is 3.95. The van der Waals surface area contributed by atoms with Crippen molar-refractivity contribution in [3.05, 3.63) is 22.8 Å². The van der Waals surface area contributed by atoms with Crippen molar-refractivity contribution in [1.82, 2.24) is 4.98 Å². The van der Waals surface area contributed by atoms with E-state index in [2.05, 4.69) is 22.9 Å². The third-order valence-electron chi connectivity index (χ3n) is 2.71. The smallest absolute Gasteiger partial charge is 0.148 e. The highest BCUT2D eigenvalue weighted by atomic mass is 35.5. The van der Waals surface area contributed by atoms with E-state index in [-0.39, 0.29) is 0 Å². The summed E-state index contributed by atoms with van der Waals surface area (Å²) in [6, 6.07) is 3.72. The summed E-state index contributed by atoms with van der Waals surface area (Å²) in [6.45, 7) is 4.16. The van der Waals surface area contributed by atoms with Crippen molar-refractivity contribution >= 4 is 17.4 Å². The first-order chi connectivity index (χ1) is 7.22. The van der Waals surface area contributed by atoms with Gasteiger partial charge in [-0.05, 0) is 18.4 Å². The number of rotatable bonds is 1. The number of nitrogens with zero attached hydrogens (tertiary/aromatic N) is 3. The molecule has 0 aliphatic carbocycles. The van der Waals surface area contributed by atoms with Crippen molar-refractivity contribution in [2.75, 3.05) is 18.0 Å². The molecule has 0 bridgehead atoms. The molecule has 1 unspecified atom stereocenters. The fraction of sp³-hybridized carbons (Fsp3) is 0.455. The van der Waals surface area contributed by atoms with E-state index in [9.17, 15) is 0 Å². The van der Waals surface area contributed by atoms with E-state index in [0.717, 1.165) is 25.3 Å². The van der Waals surface area contributed by atoms with E-state index in [1.54, 1.807) is 12.3 Å². The topological polar surface area (TPSA) is 39.9 Å². The van der Waals surface area contributed by atoms with E-state index in [0.29, 0.717) is 16.5 Å². The molecule has 2 rings (SSSR count). The van der Waals surface area contributed by atoms with Crippen LogP contribution >= 0.6 is 11.6 Å². The summed E-state index contributed by atoms with van der Waals surface area (Å²) in [5, 5.41) is 9.34. The second kappa shape index (κ2) is 4.08. The zero-order valence-electron chi connectivity index (χ0n) is 8.57. The van der Waals surface area contributed by atoms with Gasteiger partial charge in [0.25, 0.3) is 0 Å². The van der Waals surface area contributed by atoms with Gasteiger partial charge in [-0.25, -0.2) is 4.98 Å². The summed E-state index contributed by atoms with van der Waals surface area (Å²) >= 11 is 6.11. The number of hydrogen-bond donors (Lipinski definition) is 0. The molecule has 0 radical (unpaired) electrons. The van der Waals surface area contributed by atoms with Gasteiger partial charge in [0.2, 0.25) is 0 Å². The van der Waals surface area contributed by atoms with E-state index >= 15 is 0 Å². The monoisotopic (exact) mass is 221 g/mol. The van der Waals surface area contributed by atoms with Gasteiger partial charge in [-0.15, -0.1) is 0 Å². The quantitative estimate of drug-likeness (QED) is 0.732. The number of pyridine rings is 1. The Morgan fingerprint density at radius 1 is 1.67 bits per heavy atom. The zero-order valence-corrected chi connectivity index (χ0v) is 9.33. The van der Waals surface area contributed by atoms with Gasteiger partial charge in [-0.1, -0.05) is 18.5 Å². The van der Waals surface area contributed by atoms with Crippen LogP contribution < -0.4 is 4.90 Å². The average molecular weight is 222 g/mol. The van der Waals surface area contributed by atoms with Crippen LogP contribution in [0.1, 0.15) is 18.9 Å². The van der Waals surface area contributed by atoms with Crippen molar-refractivity contribution in [3.63, 3.8) is 0 Å². The Labute approximate surface area is 94.3 Å². The van der Waals surface area contributed by atoms with Gasteiger partial charge in [0.1, 0.15) is 16.9 Å². The Hall–Kier alpha value is -1.27. The molecule has 2 heterocycles. The molecule has 1 aromatic rings. The minimum absolute atomic E-state index is 0.481. The maximum atomic E-state index is 8.86. The highest BCUT2D eigenvalue weighted by molar-refractivity contribution is 6.34. The number of anilines is 1. The summed E-state index contributed by atoms with van der Waals surface area (Å²) < 4.78 is 0. The Balaban J connectivity index is 2.33. The standard InChI is InChI=1S/C11H12ClN3/c1-8-3-5-15(7-8)11-10(12)9(6-13)2-4-14-11/h2,4,8H,3,5,7H2,1H3. The van der Waals surface area contributed by atoms with Crippen LogP contribution in [-0.4, -0.2) is 18.1 Å². The van der Waals surface area contributed by atoms with Crippen molar-refractivity contribution in [2.45, 2.75) is 13.3 Å². The SMILES string of the molecule is CC1CCN(c2nccc(C#N)c2Cl)C1. The van der Waals surface area contributed by atoms with Gasteiger partial charge < -0.3 is 4.90 Å². The summed E-state index contributed by atoms with van der Waals surface area (Å²) in [4.78, 5) is 6.39. The van der Waals surface area contributed by atoms with Crippen LogP contribution in [0.2, 0.25) is 5.02 Å². The fourth-order valence-corrected chi connectivity index (χ4v) is 2.14. The molecule has 1 aliphatic rings. The first-order valence-corrected chi connectivity index (χ1v) is 5.39. The fourth-order valence-electron chi connectivity index (χ4n) is 1.87. The first-order valence-electron chi connectivity index (χ1n) is 5.02. The van der Waals surface area contributed by atoms with E-state index in [4.69, 9.17) is 16.9 Å². The van der Waals surface area contributed by atoms with E-state index < -0.39 is 0 Å². The van der Waals surface area contributed by atoms with Crippen LogP contribution in [0.15, 0.2) is 12.3 Å². The molecule has 1 atom stereocenters. The zero-order chi connectivity index (χ0) is 10.8. The number of halogens is 1. The molecule has 3 nitrogen and oxygen atoms in total. The van der Waals surface area contributed by atoms with Gasteiger partial charge in [0.15, 0.2) is 0 Å². The average Bonchev–Trinajstić information content (AvgIpc) is 2.65. The maximum absolute atomic E-state index is 8.86. The minimum atomic E-state index is 0.481. The Morgan fingerprint density at radius 2 is 2.47 bits per heavy atom. The summed E-state index contributed by atoms with van der Waals surface area (Å²) in [5.74, 6) is 1.42. The van der Waals surface area contributed by atoms with Gasteiger partial charge in [0.05, 0.1) is 5.56 Å². The summed E-state index contributed by atoms with van der Waals surface area (Å²) in [7, 11) is 0. The molecule has 4 heteroatoms. The van der Waals surface area contributed by atoms with Gasteiger partial charge in [-0.2, -0.15) is 5.26 Å². The molecule has 0 saturated carbocycles. The van der Waals surface area contributed by atoms with Crippen LogP contribution in [0.3, 0.4) is 0 Å². The van der Waals surface area contributed by atoms with Gasteiger partial charge in [-0.3, -0.25) is 0 Å². The lowest BCUT2D eigenvalue weighted by Crippen LogP contribution is -2.20. The lowest BCUT2D eigenvalue weighted by atomic mass is 10.2. The predicted octanol–water partition coefficient (Wildman–Crippen LogP) is 2.45. The van der Waals surface area contributed by atoms with Crippen LogP contribution in [0.25, 0.3) is 0 Å². The molecular formula is C11H12ClN3. The third-order valence-corrected chi connectivity index (χ3v) is 3.09. The molecule has 1 aliphatic heterocycles. The Kier molecular flexibility index (Phi) is 2.79. The van der Waals surface area contributed by atoms with Gasteiger partial charge in [0, 0.05) is 19.3 Å². The molecule has 0 amide bonds. The molecule has 78 valence electrons. The molecule has 1 saturated heterocycles. The highest BCUT2D eigenvalue weighted by Gasteiger charge is 2.22. The van der Waals surface area contributed by atoms with E-state index in [1.807, 2.05) is 0 Å². The molecule has 0 spiro atoms. The minimum Gasteiger partial charge on any atom is -0.355 e. The van der Waals surface area contributed by atoms with Crippen LogP contribution in [-0.2, 0) is 0 Å². The van der Waals surface area contributed by atoms with Crippen molar-refractivity contribution in [1.29, 1.82) is 5.26 Å². The van der Waals surface area contributed by atoms with Crippen LogP contribution in [0.4, 0.5) is 5.82 Å². The molecular weight excluding hydrogens is 210 g/mol. The van der Waals surface area contributed by atoms with Gasteiger partial charge >= 0.3 is 0 Å². The van der Waals surface area contributed by atoms with Crippen LogP contribution in [0, 0.1) is 17.2 Å². The molecule has 0 N–H and O–H groups in total. The molecule has 1 aromatic heterocycles. The van der Waals surface area contributed by atoms with Crippen molar-refractivity contribution < 1.29 is 0 Å². The maximum Gasteiger partial charge on any atom is 0.148 e. The third kappa shape index (κ3) is 1.91. The largest absolute Gasteiger partial charge is 0.355 e. The summed E-state index contributed by atoms with van der Waals surface area (Å²) in [6.07, 6.45) is 2.80. The Bertz CT molecular complexity index is 411. The number of aromatic nitrogens is 1. The number of nitriles is 1. The summed E-state index contributed by atoms with van der Waals surface area (Å²) in [5.41, 5.74) is 0.501. The number of hydrogen-bond acceptors (Lipinski definition) is 3. The van der Waals surface area contributed by atoms with E-state index in [1.165, 1.54) is 0 Å². The highest BCUT2D eigenvalue weighted by Crippen LogP contribution is 2.30. The molecule has 1 fully saturated rings. The normalized spacial score (nSPS) is 20.3. The lowest BCUT2D eigenvalue weighted by molar-refractivity contribution is 0.659. The lowest BCUT2D eigenvalue weighted by Gasteiger charge is -2.18. The Morgan fingerprint density at radius 3 is 3.07 bits per heavy atom. The van der Waals surface area contributed by atoms with Crippen LogP contribution in [0.5, 0.6) is 0 Å². The van der Waals surface area contributed by atoms with Crippen molar-refractivity contribution in [2.24, 2.45) is 5.92 Å². The predicted molar refractivity (Wildman–Crippen MR) is 60.0 cm³/mol. The van der Waals surface area contributed by atoms with Crippen molar-refractivity contribution in [3.8, 4) is 6.07 Å². The first kappa shape index (κ1) is 10.3. The molecule has 0 aromatic carbocycles. The second-order valence-corrected chi connectivity index (χ2v) is 4.33.